The second-order valence-corrected chi connectivity index (χ2v) is 6.72. The summed E-state index contributed by atoms with van der Waals surface area (Å²) < 4.78 is 12.7. The molecule has 0 saturated heterocycles. The van der Waals surface area contributed by atoms with E-state index >= 15 is 0 Å². The molecule has 9 heteroatoms. The second kappa shape index (κ2) is 7.08. The Bertz CT molecular complexity index is 957. The van der Waals surface area contributed by atoms with Gasteiger partial charge in [-0.25, -0.2) is 0 Å². The van der Waals surface area contributed by atoms with Gasteiger partial charge < -0.3 is 8.94 Å². The number of thiophene rings is 1. The third-order valence-electron chi connectivity index (χ3n) is 3.34. The van der Waals surface area contributed by atoms with E-state index in [0.717, 1.165) is 10.7 Å². The van der Waals surface area contributed by atoms with Crippen molar-refractivity contribution in [2.24, 2.45) is 0 Å². The fraction of sp³-hybridized carbons (Fsp3) is 0.125. The van der Waals surface area contributed by atoms with Crippen LogP contribution < -0.4 is 0 Å². The summed E-state index contributed by atoms with van der Waals surface area (Å²) in [5, 5.41) is 17.2. The average molecular weight is 371 g/mol. The van der Waals surface area contributed by atoms with Crippen LogP contribution in [0.2, 0.25) is 0 Å². The molecular weight excluding hydrogens is 358 g/mol. The maximum absolute atomic E-state index is 5.42. The lowest BCUT2D eigenvalue weighted by molar-refractivity contribution is 0.425. The van der Waals surface area contributed by atoms with Gasteiger partial charge in [-0.3, -0.25) is 4.57 Å². The summed E-state index contributed by atoms with van der Waals surface area (Å²) >= 11 is 3.08. The van der Waals surface area contributed by atoms with Crippen LogP contribution in [0.3, 0.4) is 0 Å². The maximum atomic E-state index is 5.42. The number of allylic oxidation sites excluding steroid dienone is 1. The van der Waals surface area contributed by atoms with E-state index in [4.69, 9.17) is 8.94 Å². The summed E-state index contributed by atoms with van der Waals surface area (Å²) in [5.41, 5.74) is 0.934. The Morgan fingerprint density at radius 2 is 2.28 bits per heavy atom. The Labute approximate surface area is 151 Å². The highest BCUT2D eigenvalue weighted by atomic mass is 32.2. The Balaban J connectivity index is 1.52. The smallest absolute Gasteiger partial charge is 0.258 e. The summed E-state index contributed by atoms with van der Waals surface area (Å²) in [7, 11) is 0. The highest BCUT2D eigenvalue weighted by Gasteiger charge is 2.17. The van der Waals surface area contributed by atoms with Crippen LogP contribution in [0.4, 0.5) is 0 Å². The standard InChI is InChI=1S/C16H13N5O2S2/c1-2-6-21-14(12-4-3-7-22-12)18-19-16(21)25-10-13-17-15(23-20-13)11-5-8-24-9-11/h2-5,7-9H,1,6,10H2. The molecule has 4 aromatic heterocycles. The molecule has 0 saturated carbocycles. The van der Waals surface area contributed by atoms with Gasteiger partial charge in [-0.05, 0) is 23.6 Å². The monoisotopic (exact) mass is 371 g/mol. The summed E-state index contributed by atoms with van der Waals surface area (Å²) in [4.78, 5) is 4.41. The van der Waals surface area contributed by atoms with Crippen molar-refractivity contribution >= 4 is 23.1 Å². The minimum atomic E-state index is 0.528. The van der Waals surface area contributed by atoms with Crippen molar-refractivity contribution in [1.82, 2.24) is 24.9 Å². The normalized spacial score (nSPS) is 11.0. The summed E-state index contributed by atoms with van der Waals surface area (Å²) in [5.74, 6) is 3.00. The predicted molar refractivity (Wildman–Crippen MR) is 95.1 cm³/mol. The van der Waals surface area contributed by atoms with Gasteiger partial charge in [0.2, 0.25) is 5.82 Å². The van der Waals surface area contributed by atoms with Crippen LogP contribution in [0.25, 0.3) is 23.0 Å². The van der Waals surface area contributed by atoms with Gasteiger partial charge >= 0.3 is 0 Å². The van der Waals surface area contributed by atoms with E-state index < -0.39 is 0 Å². The molecule has 0 bridgehead atoms. The minimum absolute atomic E-state index is 0.528. The zero-order valence-electron chi connectivity index (χ0n) is 13.0. The molecule has 4 aromatic rings. The number of nitrogens with zero attached hydrogens (tertiary/aromatic N) is 5. The Morgan fingerprint density at radius 3 is 3.04 bits per heavy atom. The number of hydrogen-bond acceptors (Lipinski definition) is 8. The first-order valence-electron chi connectivity index (χ1n) is 7.41. The quantitative estimate of drug-likeness (QED) is 0.357. The van der Waals surface area contributed by atoms with Crippen LogP contribution in [-0.2, 0) is 12.3 Å². The fourth-order valence-electron chi connectivity index (χ4n) is 2.22. The molecule has 0 N–H and O–H groups in total. The van der Waals surface area contributed by atoms with Crippen molar-refractivity contribution in [3.05, 3.63) is 53.7 Å². The van der Waals surface area contributed by atoms with E-state index in [1.54, 1.807) is 23.7 Å². The molecule has 126 valence electrons. The minimum Gasteiger partial charge on any atom is -0.461 e. The first-order valence-corrected chi connectivity index (χ1v) is 9.34. The van der Waals surface area contributed by atoms with Crippen molar-refractivity contribution < 1.29 is 8.94 Å². The molecule has 4 rings (SSSR count). The Hall–Kier alpha value is -2.65. The molecule has 7 nitrogen and oxygen atoms in total. The third-order valence-corrected chi connectivity index (χ3v) is 4.98. The maximum Gasteiger partial charge on any atom is 0.258 e. The van der Waals surface area contributed by atoms with Crippen LogP contribution in [0, 0.1) is 0 Å². The molecule has 0 aliphatic carbocycles. The van der Waals surface area contributed by atoms with Crippen LogP contribution in [-0.4, -0.2) is 24.9 Å². The topological polar surface area (TPSA) is 82.8 Å². The average Bonchev–Trinajstić information content (AvgIpc) is 3.38. The van der Waals surface area contributed by atoms with Gasteiger partial charge in [0.15, 0.2) is 16.7 Å². The first kappa shape index (κ1) is 15.9. The third kappa shape index (κ3) is 3.28. The number of hydrogen-bond donors (Lipinski definition) is 0. The molecule has 0 radical (unpaired) electrons. The molecule has 0 aliphatic heterocycles. The molecule has 25 heavy (non-hydrogen) atoms. The van der Waals surface area contributed by atoms with Crippen LogP contribution >= 0.6 is 23.1 Å². The highest BCUT2D eigenvalue weighted by Crippen LogP contribution is 2.27. The SMILES string of the molecule is C=CCn1c(SCc2noc(-c3ccsc3)n2)nnc1-c1ccco1. The zero-order chi connectivity index (χ0) is 17.1. The van der Waals surface area contributed by atoms with E-state index in [-0.39, 0.29) is 0 Å². The number of rotatable bonds is 7. The van der Waals surface area contributed by atoms with Crippen LogP contribution in [0.1, 0.15) is 5.82 Å². The van der Waals surface area contributed by atoms with Crippen molar-refractivity contribution in [2.75, 3.05) is 0 Å². The van der Waals surface area contributed by atoms with Gasteiger partial charge in [-0.1, -0.05) is 23.0 Å². The van der Waals surface area contributed by atoms with Crippen molar-refractivity contribution in [3.63, 3.8) is 0 Å². The van der Waals surface area contributed by atoms with Gasteiger partial charge in [-0.15, -0.1) is 16.8 Å². The molecule has 0 fully saturated rings. The number of aromatic nitrogens is 5. The van der Waals surface area contributed by atoms with E-state index in [2.05, 4.69) is 26.9 Å². The Morgan fingerprint density at radius 1 is 1.32 bits per heavy atom. The molecule has 0 amide bonds. The van der Waals surface area contributed by atoms with Gasteiger partial charge in [-0.2, -0.15) is 16.3 Å². The largest absolute Gasteiger partial charge is 0.461 e. The van der Waals surface area contributed by atoms with E-state index in [1.807, 2.05) is 33.5 Å². The summed E-state index contributed by atoms with van der Waals surface area (Å²) in [6.07, 6.45) is 3.41. The van der Waals surface area contributed by atoms with Crippen molar-refractivity contribution in [2.45, 2.75) is 17.5 Å². The number of thioether (sulfide) groups is 1. The molecule has 0 spiro atoms. The predicted octanol–water partition coefficient (Wildman–Crippen LogP) is 4.13. The molecule has 0 aromatic carbocycles. The highest BCUT2D eigenvalue weighted by molar-refractivity contribution is 7.98. The van der Waals surface area contributed by atoms with E-state index in [1.165, 1.54) is 11.8 Å². The second-order valence-electron chi connectivity index (χ2n) is 5.00. The molecule has 0 unspecified atom stereocenters. The van der Waals surface area contributed by atoms with Gasteiger partial charge in [0.05, 0.1) is 17.6 Å². The van der Waals surface area contributed by atoms with E-state index in [9.17, 15) is 0 Å². The lowest BCUT2D eigenvalue weighted by Gasteiger charge is -2.04. The van der Waals surface area contributed by atoms with Gasteiger partial charge in [0.1, 0.15) is 0 Å². The fourth-order valence-corrected chi connectivity index (χ4v) is 3.64. The molecular formula is C16H13N5O2S2. The number of furan rings is 1. The van der Waals surface area contributed by atoms with Crippen molar-refractivity contribution in [3.8, 4) is 23.0 Å². The van der Waals surface area contributed by atoms with Gasteiger partial charge in [0, 0.05) is 11.9 Å². The lowest BCUT2D eigenvalue weighted by atomic mass is 10.3. The van der Waals surface area contributed by atoms with Gasteiger partial charge in [0.25, 0.3) is 5.89 Å². The summed E-state index contributed by atoms with van der Waals surface area (Å²) in [6.45, 7) is 4.38. The molecule has 0 atom stereocenters. The van der Waals surface area contributed by atoms with Crippen LogP contribution in [0.5, 0.6) is 0 Å². The molecule has 4 heterocycles. The van der Waals surface area contributed by atoms with Crippen LogP contribution in [0.15, 0.2) is 62.0 Å². The first-order chi connectivity index (χ1) is 12.3. The Kier molecular flexibility index (Phi) is 4.49. The van der Waals surface area contributed by atoms with Crippen molar-refractivity contribution in [1.29, 1.82) is 0 Å². The summed E-state index contributed by atoms with van der Waals surface area (Å²) in [6, 6.07) is 5.62. The lowest BCUT2D eigenvalue weighted by Crippen LogP contribution is -2.00. The molecule has 0 aliphatic rings. The zero-order valence-corrected chi connectivity index (χ0v) is 14.7. The van der Waals surface area contributed by atoms with E-state index in [0.29, 0.717) is 35.6 Å².